The Morgan fingerprint density at radius 2 is 1.74 bits per heavy atom. The van der Waals surface area contributed by atoms with Crippen molar-refractivity contribution in [1.82, 2.24) is 45.2 Å². The zero-order valence-electron chi connectivity index (χ0n) is 34.7. The van der Waals surface area contributed by atoms with Gasteiger partial charge in [0.1, 0.15) is 29.9 Å². The van der Waals surface area contributed by atoms with Crippen molar-refractivity contribution in [1.29, 1.82) is 0 Å². The Morgan fingerprint density at radius 3 is 2.48 bits per heavy atom. The third kappa shape index (κ3) is 11.8. The van der Waals surface area contributed by atoms with E-state index in [-0.39, 0.29) is 31.9 Å². The number of nitrogens with two attached hydrogens (primary N) is 1. The predicted octanol–water partition coefficient (Wildman–Crippen LogP) is 3.09. The maximum Gasteiger partial charge on any atom is 0.407 e. The summed E-state index contributed by atoms with van der Waals surface area (Å²) < 4.78 is 8.45. The van der Waals surface area contributed by atoms with Gasteiger partial charge >= 0.3 is 6.09 Å². The smallest absolute Gasteiger partial charge is 0.407 e. The Balaban J connectivity index is 1.17. The van der Waals surface area contributed by atoms with Crippen LogP contribution in [0.5, 0.6) is 0 Å². The number of carbonyl (C=O) groups is 6. The number of aromatic nitrogens is 5. The van der Waals surface area contributed by atoms with Crippen LogP contribution in [0.2, 0.25) is 0 Å². The van der Waals surface area contributed by atoms with Gasteiger partial charge in [0.2, 0.25) is 17.6 Å². The molecule has 1 aliphatic carbocycles. The van der Waals surface area contributed by atoms with Gasteiger partial charge in [-0.05, 0) is 56.7 Å². The summed E-state index contributed by atoms with van der Waals surface area (Å²) in [5, 5.41) is 27.6. The first kappa shape index (κ1) is 44.4. The summed E-state index contributed by atoms with van der Waals surface area (Å²) in [4.78, 5) is 86.2. The number of imidazole rings is 1. The molecule has 1 saturated heterocycles. The molecule has 0 radical (unpaired) electrons. The van der Waals surface area contributed by atoms with Crippen LogP contribution in [0.25, 0.3) is 5.65 Å². The molecule has 4 atom stereocenters. The van der Waals surface area contributed by atoms with Crippen LogP contribution in [0.1, 0.15) is 112 Å². The molecular formula is C43H56N10O8. The monoisotopic (exact) mass is 840 g/mol. The van der Waals surface area contributed by atoms with Gasteiger partial charge in [0.05, 0.1) is 29.5 Å². The molecule has 4 aromatic rings. The van der Waals surface area contributed by atoms with E-state index in [2.05, 4.69) is 31.2 Å². The lowest BCUT2D eigenvalue weighted by Gasteiger charge is -2.32. The number of unbranched alkanes of at least 4 members (excludes halogenated alkanes) is 2. The quantitative estimate of drug-likeness (QED) is 0.0679. The lowest BCUT2D eigenvalue weighted by atomic mass is 9.84. The van der Waals surface area contributed by atoms with Crippen LogP contribution in [0.15, 0.2) is 67.3 Å². The Hall–Kier alpha value is -6.17. The number of pyridine rings is 1. The van der Waals surface area contributed by atoms with E-state index in [1.54, 1.807) is 49.0 Å². The second-order valence-corrected chi connectivity index (χ2v) is 16.5. The first-order valence-corrected chi connectivity index (χ1v) is 21.0. The maximum absolute atomic E-state index is 14.9. The lowest BCUT2D eigenvalue weighted by Crippen LogP contribution is -2.56. The molecule has 18 nitrogen and oxygen atoms in total. The molecule has 1 saturated carbocycles. The Morgan fingerprint density at radius 1 is 0.967 bits per heavy atom. The molecule has 61 heavy (non-hydrogen) atoms. The minimum absolute atomic E-state index is 0.0173. The van der Waals surface area contributed by atoms with Gasteiger partial charge < -0.3 is 40.8 Å². The van der Waals surface area contributed by atoms with Gasteiger partial charge in [0.25, 0.3) is 11.8 Å². The van der Waals surface area contributed by atoms with Gasteiger partial charge in [-0.15, -0.1) is 5.10 Å². The third-order valence-corrected chi connectivity index (χ3v) is 11.5. The van der Waals surface area contributed by atoms with Crippen LogP contribution in [0, 0.1) is 5.92 Å². The summed E-state index contributed by atoms with van der Waals surface area (Å²) >= 11 is 0. The highest BCUT2D eigenvalue weighted by atomic mass is 16.5. The van der Waals surface area contributed by atoms with E-state index in [1.807, 2.05) is 30.3 Å². The van der Waals surface area contributed by atoms with E-state index in [9.17, 15) is 33.9 Å². The van der Waals surface area contributed by atoms with Gasteiger partial charge in [-0.3, -0.25) is 24.0 Å². The maximum atomic E-state index is 14.9. The number of nitrogens with one attached hydrogen (secondary N) is 3. The number of carbonyl (C=O) groups excluding carboxylic acids is 6. The largest absolute Gasteiger partial charge is 0.445 e. The lowest BCUT2D eigenvalue weighted by molar-refractivity contribution is -0.142. The van der Waals surface area contributed by atoms with Crippen LogP contribution < -0.4 is 21.7 Å². The number of amides is 5. The Bertz CT molecular complexity index is 2160. The molecule has 0 bridgehead atoms. The molecule has 1 aliphatic heterocycles. The topological polar surface area (TPSA) is 245 Å². The summed E-state index contributed by atoms with van der Waals surface area (Å²) in [6.45, 7) is 3.58. The first-order valence-electron chi connectivity index (χ1n) is 21.0. The number of ketones is 1. The second-order valence-electron chi connectivity index (χ2n) is 16.5. The molecular weight excluding hydrogens is 785 g/mol. The average molecular weight is 841 g/mol. The highest BCUT2D eigenvalue weighted by Crippen LogP contribution is 2.33. The van der Waals surface area contributed by atoms with Gasteiger partial charge in [0.15, 0.2) is 0 Å². The molecule has 2 fully saturated rings. The van der Waals surface area contributed by atoms with Crippen molar-refractivity contribution in [2.75, 3.05) is 13.1 Å². The second kappa shape index (κ2) is 20.4. The molecule has 2 aliphatic rings. The van der Waals surface area contributed by atoms with Crippen molar-refractivity contribution in [2.45, 2.75) is 121 Å². The summed E-state index contributed by atoms with van der Waals surface area (Å²) in [5.41, 5.74) is 6.28. The number of ether oxygens (including phenoxy) is 1. The fourth-order valence-corrected chi connectivity index (χ4v) is 8.23. The van der Waals surface area contributed by atoms with E-state index in [1.165, 1.54) is 15.8 Å². The number of Topliss-reactive ketones (excluding diaryl/α,β-unsaturated/α-hetero) is 1. The van der Waals surface area contributed by atoms with E-state index < -0.39 is 65.3 Å². The van der Waals surface area contributed by atoms with Crippen molar-refractivity contribution < 1.29 is 38.6 Å². The number of primary amides is 1. The van der Waals surface area contributed by atoms with E-state index in [0.29, 0.717) is 49.1 Å². The van der Waals surface area contributed by atoms with Crippen LogP contribution in [0.3, 0.4) is 0 Å². The van der Waals surface area contributed by atoms with E-state index >= 15 is 0 Å². The number of hydrogen-bond acceptors (Lipinski definition) is 11. The molecule has 3 aromatic heterocycles. The summed E-state index contributed by atoms with van der Waals surface area (Å²) in [6, 6.07) is 8.57. The number of alkyl carbamates (subject to hydrolysis) is 1. The zero-order valence-corrected chi connectivity index (χ0v) is 34.7. The molecule has 18 heteroatoms. The fourth-order valence-electron chi connectivity index (χ4n) is 8.23. The molecule has 1 aromatic carbocycles. The van der Waals surface area contributed by atoms with Gasteiger partial charge in [-0.2, -0.15) is 0 Å². The summed E-state index contributed by atoms with van der Waals surface area (Å²) in [6.07, 6.45) is 12.7. The normalized spacial score (nSPS) is 18.0. The molecule has 326 valence electrons. The number of fused-ring (bicyclic) bond motifs is 1. The number of benzene rings is 1. The Labute approximate surface area is 354 Å². The van der Waals surface area contributed by atoms with Crippen molar-refractivity contribution in [2.24, 2.45) is 11.7 Å². The predicted molar refractivity (Wildman–Crippen MR) is 221 cm³/mol. The third-order valence-electron chi connectivity index (χ3n) is 11.5. The molecule has 6 N–H and O–H groups in total. The fraction of sp³-hybridized carbons (Fsp3) is 0.512. The van der Waals surface area contributed by atoms with Crippen molar-refractivity contribution in [3.8, 4) is 0 Å². The average Bonchev–Trinajstić information content (AvgIpc) is 4.04. The number of rotatable bonds is 19. The zero-order chi connectivity index (χ0) is 43.5. The first-order chi connectivity index (χ1) is 29.3. The number of nitrogens with zero attached hydrogens (tertiary/aromatic N) is 6. The molecule has 1 unspecified atom stereocenters. The van der Waals surface area contributed by atoms with E-state index in [0.717, 1.165) is 37.7 Å². The van der Waals surface area contributed by atoms with Gasteiger partial charge in [-0.25, -0.2) is 14.5 Å². The van der Waals surface area contributed by atoms with Crippen LogP contribution in [0.4, 0.5) is 4.79 Å². The van der Waals surface area contributed by atoms with Gasteiger partial charge in [-0.1, -0.05) is 80.5 Å². The number of likely N-dealkylation sites (tertiary alicyclic amines) is 1. The van der Waals surface area contributed by atoms with E-state index in [4.69, 9.17) is 10.5 Å². The Kier molecular flexibility index (Phi) is 14.8. The van der Waals surface area contributed by atoms with Crippen molar-refractivity contribution in [3.63, 3.8) is 0 Å². The van der Waals surface area contributed by atoms with Crippen LogP contribution >= 0.6 is 0 Å². The number of hydrogen-bond donors (Lipinski definition) is 5. The highest BCUT2D eigenvalue weighted by Gasteiger charge is 2.45. The van der Waals surface area contributed by atoms with Crippen LogP contribution in [-0.4, -0.2) is 101 Å². The standard InChI is InChI=1S/C43H56N10O8/c1-43(2,60)35-24-47-50-53(35)31-23-34(40(57)48-32(37(54)38(44)55)16-10-5-11-19-46-42(59)61-27-29-14-8-4-9-15-29)52(26-31)41(58)33(22-28-12-6-3-7-13-28)49-39(56)30-17-18-36-45-20-21-51(36)25-30/h4,8-9,14-15,17-18,20-21,24-25,28,31-34,60H,3,5-7,10-13,16,19,22-23,26-27H2,1-2H3,(H2,44,55)(H,46,59)(H,48,57)(H,49,56)/t31-,32?,33+,34-/m0/s1. The summed E-state index contributed by atoms with van der Waals surface area (Å²) in [7, 11) is 0. The highest BCUT2D eigenvalue weighted by molar-refractivity contribution is 6.37. The molecule has 4 heterocycles. The summed E-state index contributed by atoms with van der Waals surface area (Å²) in [5.74, 6) is -3.67. The SMILES string of the molecule is CC(C)(O)c1cnnn1[C@H]1C[C@@H](C(=O)NC(CCCCCNC(=O)OCc2ccccc2)C(=O)C(N)=O)N(C(=O)[C@@H](CC2CCCCC2)NC(=O)c2ccc3nccn3c2)C1. The molecule has 0 spiro atoms. The van der Waals surface area contributed by atoms with Gasteiger partial charge in [0, 0.05) is 38.1 Å². The number of aliphatic hydroxyl groups is 1. The minimum Gasteiger partial charge on any atom is -0.445 e. The van der Waals surface area contributed by atoms with Crippen LogP contribution in [-0.2, 0) is 36.1 Å². The molecule has 5 amide bonds. The molecule has 6 rings (SSSR count). The minimum atomic E-state index is -1.36. The van der Waals surface area contributed by atoms with Crippen molar-refractivity contribution in [3.05, 3.63) is 84.1 Å². The van der Waals surface area contributed by atoms with Crippen molar-refractivity contribution >= 4 is 41.2 Å².